The van der Waals surface area contributed by atoms with E-state index in [0.717, 1.165) is 30.1 Å². The third-order valence-corrected chi connectivity index (χ3v) is 5.10. The standard InChI is InChI=1S/C16H20ClNO3/c1-11-6-14(17)3-2-12(11)7-18-8-13-4-5-21-10-16(13,9-18)15(19)20/h2-3,6,13H,4-5,7-10H2,1H3,(H,19,20)/t13-,16+/m0/s1. The monoisotopic (exact) mass is 309 g/mol. The van der Waals surface area contributed by atoms with E-state index in [1.54, 1.807) is 0 Å². The van der Waals surface area contributed by atoms with Crippen LogP contribution in [-0.2, 0) is 16.1 Å². The van der Waals surface area contributed by atoms with Crippen molar-refractivity contribution in [3.05, 3.63) is 34.3 Å². The summed E-state index contributed by atoms with van der Waals surface area (Å²) < 4.78 is 5.46. The van der Waals surface area contributed by atoms with Crippen molar-refractivity contribution >= 4 is 17.6 Å². The number of aryl methyl sites for hydroxylation is 1. The van der Waals surface area contributed by atoms with Gasteiger partial charge in [0.15, 0.2) is 0 Å². The minimum atomic E-state index is -0.724. The van der Waals surface area contributed by atoms with Crippen molar-refractivity contribution in [1.29, 1.82) is 0 Å². The summed E-state index contributed by atoms with van der Waals surface area (Å²) in [6.07, 6.45) is 0.836. The second-order valence-electron chi connectivity index (χ2n) is 6.24. The van der Waals surface area contributed by atoms with E-state index < -0.39 is 11.4 Å². The predicted octanol–water partition coefficient (Wildman–Crippen LogP) is 2.57. The Kier molecular flexibility index (Phi) is 3.95. The third kappa shape index (κ3) is 2.68. The van der Waals surface area contributed by atoms with Gasteiger partial charge in [0.1, 0.15) is 5.41 Å². The summed E-state index contributed by atoms with van der Waals surface area (Å²) in [6, 6.07) is 5.88. The van der Waals surface area contributed by atoms with Crippen LogP contribution in [-0.4, -0.2) is 42.3 Å². The Morgan fingerprint density at radius 2 is 2.38 bits per heavy atom. The number of ether oxygens (including phenoxy) is 1. The summed E-state index contributed by atoms with van der Waals surface area (Å²) >= 11 is 5.99. The van der Waals surface area contributed by atoms with Gasteiger partial charge < -0.3 is 9.84 Å². The summed E-state index contributed by atoms with van der Waals surface area (Å²) in [5.41, 5.74) is 1.64. The van der Waals surface area contributed by atoms with Gasteiger partial charge in [-0.2, -0.15) is 0 Å². The molecule has 0 bridgehead atoms. The van der Waals surface area contributed by atoms with Crippen molar-refractivity contribution in [3.8, 4) is 0 Å². The first kappa shape index (κ1) is 14.8. The minimum absolute atomic E-state index is 0.191. The zero-order valence-electron chi connectivity index (χ0n) is 12.1. The highest BCUT2D eigenvalue weighted by Gasteiger charge is 2.53. The molecule has 0 amide bonds. The number of fused-ring (bicyclic) bond motifs is 1. The number of hydrogen-bond acceptors (Lipinski definition) is 3. The lowest BCUT2D eigenvalue weighted by Gasteiger charge is -2.34. The fourth-order valence-corrected chi connectivity index (χ4v) is 3.82. The number of halogens is 1. The number of hydrogen-bond donors (Lipinski definition) is 1. The van der Waals surface area contributed by atoms with Gasteiger partial charge in [-0.3, -0.25) is 9.69 Å². The van der Waals surface area contributed by atoms with Gasteiger partial charge in [0.25, 0.3) is 0 Å². The number of carboxylic acids is 1. The molecule has 0 spiro atoms. The van der Waals surface area contributed by atoms with E-state index in [4.69, 9.17) is 16.3 Å². The van der Waals surface area contributed by atoms with Crippen molar-refractivity contribution < 1.29 is 14.6 Å². The van der Waals surface area contributed by atoms with Crippen LogP contribution in [0.25, 0.3) is 0 Å². The van der Waals surface area contributed by atoms with Crippen molar-refractivity contribution in [1.82, 2.24) is 4.90 Å². The van der Waals surface area contributed by atoms with Crippen LogP contribution in [0.1, 0.15) is 17.5 Å². The van der Waals surface area contributed by atoms with E-state index in [2.05, 4.69) is 4.90 Å². The topological polar surface area (TPSA) is 49.8 Å². The van der Waals surface area contributed by atoms with Crippen LogP contribution in [0.3, 0.4) is 0 Å². The lowest BCUT2D eigenvalue weighted by Crippen LogP contribution is -2.46. The highest BCUT2D eigenvalue weighted by molar-refractivity contribution is 6.30. The smallest absolute Gasteiger partial charge is 0.313 e. The van der Waals surface area contributed by atoms with Gasteiger partial charge in [-0.05, 0) is 42.5 Å². The Hall–Kier alpha value is -1.10. The number of carboxylic acid groups (broad SMARTS) is 1. The fraction of sp³-hybridized carbons (Fsp3) is 0.562. The van der Waals surface area contributed by atoms with E-state index in [1.165, 1.54) is 5.56 Å². The molecule has 2 saturated heterocycles. The Bertz CT molecular complexity index is 562. The second kappa shape index (κ2) is 5.59. The van der Waals surface area contributed by atoms with Crippen LogP contribution in [0.5, 0.6) is 0 Å². The average Bonchev–Trinajstić information content (AvgIpc) is 2.81. The van der Waals surface area contributed by atoms with Crippen LogP contribution in [0.15, 0.2) is 18.2 Å². The zero-order valence-corrected chi connectivity index (χ0v) is 12.9. The molecule has 21 heavy (non-hydrogen) atoms. The molecule has 114 valence electrons. The average molecular weight is 310 g/mol. The number of benzene rings is 1. The molecule has 2 heterocycles. The molecule has 1 N–H and O–H groups in total. The molecule has 0 unspecified atom stereocenters. The Balaban J connectivity index is 1.78. The zero-order chi connectivity index (χ0) is 15.0. The molecule has 0 saturated carbocycles. The Morgan fingerprint density at radius 3 is 3.05 bits per heavy atom. The van der Waals surface area contributed by atoms with Gasteiger partial charge in [-0.25, -0.2) is 0 Å². The minimum Gasteiger partial charge on any atom is -0.481 e. The van der Waals surface area contributed by atoms with E-state index in [1.807, 2.05) is 25.1 Å². The maximum absolute atomic E-state index is 11.7. The van der Waals surface area contributed by atoms with Gasteiger partial charge >= 0.3 is 5.97 Å². The molecule has 3 rings (SSSR count). The number of likely N-dealkylation sites (tertiary alicyclic amines) is 1. The van der Waals surface area contributed by atoms with E-state index >= 15 is 0 Å². The van der Waals surface area contributed by atoms with Crippen LogP contribution in [0.4, 0.5) is 0 Å². The molecule has 2 aliphatic rings. The Labute approximate surface area is 129 Å². The summed E-state index contributed by atoms with van der Waals surface area (Å²) in [7, 11) is 0. The van der Waals surface area contributed by atoms with Crippen LogP contribution in [0, 0.1) is 18.3 Å². The van der Waals surface area contributed by atoms with Crippen LogP contribution < -0.4 is 0 Å². The molecule has 2 fully saturated rings. The van der Waals surface area contributed by atoms with Crippen molar-refractivity contribution in [3.63, 3.8) is 0 Å². The molecule has 5 heteroatoms. The van der Waals surface area contributed by atoms with Crippen LogP contribution >= 0.6 is 11.6 Å². The lowest BCUT2D eigenvalue weighted by atomic mass is 9.76. The van der Waals surface area contributed by atoms with E-state index in [9.17, 15) is 9.90 Å². The van der Waals surface area contributed by atoms with E-state index in [-0.39, 0.29) is 5.92 Å². The predicted molar refractivity (Wildman–Crippen MR) is 80.5 cm³/mol. The summed E-state index contributed by atoms with van der Waals surface area (Å²) in [4.78, 5) is 14.0. The molecule has 0 aliphatic carbocycles. The van der Waals surface area contributed by atoms with Crippen molar-refractivity contribution in [2.45, 2.75) is 19.9 Å². The van der Waals surface area contributed by atoms with Gasteiger partial charge in [-0.1, -0.05) is 17.7 Å². The van der Waals surface area contributed by atoms with E-state index in [0.29, 0.717) is 19.8 Å². The number of rotatable bonds is 3. The molecule has 2 atom stereocenters. The summed E-state index contributed by atoms with van der Waals surface area (Å²) in [5.74, 6) is -0.529. The molecule has 1 aromatic carbocycles. The van der Waals surface area contributed by atoms with Crippen molar-refractivity contribution in [2.75, 3.05) is 26.3 Å². The highest BCUT2D eigenvalue weighted by atomic mass is 35.5. The lowest BCUT2D eigenvalue weighted by molar-refractivity contribution is -0.159. The van der Waals surface area contributed by atoms with Gasteiger partial charge in [0.05, 0.1) is 6.61 Å². The van der Waals surface area contributed by atoms with Gasteiger partial charge in [-0.15, -0.1) is 0 Å². The Morgan fingerprint density at radius 1 is 1.57 bits per heavy atom. The van der Waals surface area contributed by atoms with Crippen LogP contribution in [0.2, 0.25) is 5.02 Å². The maximum Gasteiger partial charge on any atom is 0.313 e. The van der Waals surface area contributed by atoms with Crippen molar-refractivity contribution in [2.24, 2.45) is 11.3 Å². The first-order valence-electron chi connectivity index (χ1n) is 7.30. The molecule has 1 aromatic rings. The first-order valence-corrected chi connectivity index (χ1v) is 7.67. The molecule has 2 aliphatic heterocycles. The summed E-state index contributed by atoms with van der Waals surface area (Å²) in [5, 5.41) is 10.4. The molecule has 0 radical (unpaired) electrons. The molecule has 4 nitrogen and oxygen atoms in total. The number of carbonyl (C=O) groups is 1. The normalized spacial score (nSPS) is 29.3. The molecular weight excluding hydrogens is 290 g/mol. The quantitative estimate of drug-likeness (QED) is 0.932. The molecular formula is C16H20ClNO3. The second-order valence-corrected chi connectivity index (χ2v) is 6.68. The van der Waals surface area contributed by atoms with Gasteiger partial charge in [0.2, 0.25) is 0 Å². The number of aliphatic carboxylic acids is 1. The maximum atomic E-state index is 11.7. The fourth-order valence-electron chi connectivity index (χ4n) is 3.59. The molecule has 0 aromatic heterocycles. The number of nitrogens with zero attached hydrogens (tertiary/aromatic N) is 1. The highest BCUT2D eigenvalue weighted by Crippen LogP contribution is 2.42. The van der Waals surface area contributed by atoms with Gasteiger partial charge in [0, 0.05) is 31.3 Å². The largest absolute Gasteiger partial charge is 0.481 e. The third-order valence-electron chi connectivity index (χ3n) is 4.86. The first-order chi connectivity index (χ1) is 10.0. The summed E-state index contributed by atoms with van der Waals surface area (Å²) in [6.45, 7) is 5.22. The SMILES string of the molecule is Cc1cc(Cl)ccc1CN1C[C@@H]2CCOC[C@]2(C(=O)O)C1.